The third-order valence-electron chi connectivity index (χ3n) is 3.01. The number of fused-ring (bicyclic) bond motifs is 1. The van der Waals surface area contributed by atoms with Crippen molar-refractivity contribution in [2.75, 3.05) is 12.4 Å². The number of carbonyl (C=O) groups excluding carboxylic acids is 1. The summed E-state index contributed by atoms with van der Waals surface area (Å²) in [6.07, 6.45) is 3.72. The Hall–Kier alpha value is -2.62. The lowest BCUT2D eigenvalue weighted by molar-refractivity contribution is -0.556. The van der Waals surface area contributed by atoms with Gasteiger partial charge in [-0.25, -0.2) is 10.1 Å². The van der Waals surface area contributed by atoms with Gasteiger partial charge in [0.2, 0.25) is 5.70 Å². The van der Waals surface area contributed by atoms with Crippen molar-refractivity contribution >= 4 is 23.5 Å². The highest BCUT2D eigenvalue weighted by atomic mass is 16.5. The van der Waals surface area contributed by atoms with Gasteiger partial charge in [-0.05, 0) is 23.8 Å². The van der Waals surface area contributed by atoms with Crippen LogP contribution in [0.1, 0.15) is 5.56 Å². The molecule has 1 aliphatic rings. The number of rotatable bonds is 2. The molecule has 1 amide bonds. The van der Waals surface area contributed by atoms with Gasteiger partial charge in [0.05, 0.1) is 13.3 Å². The van der Waals surface area contributed by atoms with E-state index in [0.29, 0.717) is 5.70 Å². The number of benzene rings is 1. The van der Waals surface area contributed by atoms with Crippen molar-refractivity contribution in [2.45, 2.75) is 0 Å². The monoisotopic (exact) mass is 253 g/mol. The van der Waals surface area contributed by atoms with Crippen molar-refractivity contribution in [3.63, 3.8) is 0 Å². The van der Waals surface area contributed by atoms with E-state index in [1.807, 2.05) is 59.3 Å². The molecule has 0 saturated carbocycles. The number of nitrogens with one attached hydrogen (secondary N) is 1. The number of hydrogen-bond donors (Lipinski definition) is 1. The van der Waals surface area contributed by atoms with Crippen LogP contribution in [0, 0.1) is 0 Å². The van der Waals surface area contributed by atoms with Crippen LogP contribution in [0.3, 0.4) is 0 Å². The summed E-state index contributed by atoms with van der Waals surface area (Å²) in [6.45, 7) is 0. The fourth-order valence-electron chi connectivity index (χ4n) is 2.04. The van der Waals surface area contributed by atoms with Gasteiger partial charge in [0, 0.05) is 12.1 Å². The SMILES string of the molecule is COc1ccc(/C=C2\C(=O)Nc3cccc[n+]32)cc1. The highest BCUT2D eigenvalue weighted by Crippen LogP contribution is 2.18. The maximum atomic E-state index is 11.9. The van der Waals surface area contributed by atoms with Gasteiger partial charge in [0.15, 0.2) is 0 Å². The van der Waals surface area contributed by atoms with Gasteiger partial charge >= 0.3 is 5.91 Å². The van der Waals surface area contributed by atoms with E-state index >= 15 is 0 Å². The molecule has 0 bridgehead atoms. The minimum absolute atomic E-state index is 0.0954. The summed E-state index contributed by atoms with van der Waals surface area (Å²) in [7, 11) is 1.63. The summed E-state index contributed by atoms with van der Waals surface area (Å²) >= 11 is 0. The van der Waals surface area contributed by atoms with Crippen LogP contribution in [-0.4, -0.2) is 13.0 Å². The Labute approximate surface area is 111 Å². The number of anilines is 1. The second kappa shape index (κ2) is 4.57. The first-order chi connectivity index (χ1) is 9.28. The summed E-state index contributed by atoms with van der Waals surface area (Å²) in [5, 5.41) is 2.82. The number of nitrogens with zero attached hydrogens (tertiary/aromatic N) is 1. The van der Waals surface area contributed by atoms with Gasteiger partial charge in [0.1, 0.15) is 5.75 Å². The molecule has 19 heavy (non-hydrogen) atoms. The van der Waals surface area contributed by atoms with Gasteiger partial charge in [-0.3, -0.25) is 0 Å². The van der Waals surface area contributed by atoms with E-state index in [1.165, 1.54) is 0 Å². The van der Waals surface area contributed by atoms with Crippen LogP contribution in [0.2, 0.25) is 0 Å². The quantitative estimate of drug-likeness (QED) is 0.656. The molecule has 4 heteroatoms. The van der Waals surface area contributed by atoms with E-state index in [9.17, 15) is 4.79 Å². The predicted octanol–water partition coefficient (Wildman–Crippen LogP) is 1.93. The molecule has 0 atom stereocenters. The predicted molar refractivity (Wildman–Crippen MR) is 72.4 cm³/mol. The van der Waals surface area contributed by atoms with E-state index in [4.69, 9.17) is 4.74 Å². The van der Waals surface area contributed by atoms with E-state index in [0.717, 1.165) is 17.1 Å². The Morgan fingerprint density at radius 1 is 1.16 bits per heavy atom. The smallest absolute Gasteiger partial charge is 0.379 e. The van der Waals surface area contributed by atoms with Gasteiger partial charge < -0.3 is 4.74 Å². The molecule has 1 aromatic carbocycles. The molecule has 0 spiro atoms. The number of methoxy groups -OCH3 is 1. The molecule has 0 unspecified atom stereocenters. The molecule has 0 radical (unpaired) electrons. The fourth-order valence-corrected chi connectivity index (χ4v) is 2.04. The zero-order valence-corrected chi connectivity index (χ0v) is 10.5. The standard InChI is InChI=1S/C15H12N2O2/c1-19-12-7-5-11(6-8-12)10-13-15(18)16-14-4-2-3-9-17(13)14/h2-10H,1H3/p+1/b13-10+. The summed E-state index contributed by atoms with van der Waals surface area (Å²) in [4.78, 5) is 11.9. The number of aromatic nitrogens is 1. The second-order valence-electron chi connectivity index (χ2n) is 4.21. The summed E-state index contributed by atoms with van der Waals surface area (Å²) in [5.41, 5.74) is 1.57. The van der Waals surface area contributed by atoms with Crippen LogP contribution in [0.4, 0.5) is 5.82 Å². The number of carbonyl (C=O) groups is 1. The Bertz CT molecular complexity index is 660. The zero-order valence-electron chi connectivity index (χ0n) is 10.5. The van der Waals surface area contributed by atoms with Crippen LogP contribution in [0.5, 0.6) is 5.75 Å². The van der Waals surface area contributed by atoms with Crippen LogP contribution < -0.4 is 14.6 Å². The van der Waals surface area contributed by atoms with Gasteiger partial charge in [-0.15, -0.1) is 0 Å². The van der Waals surface area contributed by atoms with Crippen molar-refractivity contribution < 1.29 is 14.1 Å². The Balaban J connectivity index is 2.01. The lowest BCUT2D eigenvalue weighted by Gasteiger charge is -1.99. The molecule has 4 nitrogen and oxygen atoms in total. The zero-order chi connectivity index (χ0) is 13.2. The molecular weight excluding hydrogens is 240 g/mol. The summed E-state index contributed by atoms with van der Waals surface area (Å²) < 4.78 is 6.95. The van der Waals surface area contributed by atoms with Crippen molar-refractivity contribution in [2.24, 2.45) is 0 Å². The summed E-state index contributed by atoms with van der Waals surface area (Å²) in [6, 6.07) is 13.2. The van der Waals surface area contributed by atoms with Crippen molar-refractivity contribution in [1.29, 1.82) is 0 Å². The molecule has 1 N–H and O–H groups in total. The van der Waals surface area contributed by atoms with Gasteiger partial charge in [0.25, 0.3) is 5.82 Å². The van der Waals surface area contributed by atoms with E-state index < -0.39 is 0 Å². The number of pyridine rings is 1. The Morgan fingerprint density at radius 3 is 2.68 bits per heavy atom. The minimum Gasteiger partial charge on any atom is -0.497 e. The van der Waals surface area contributed by atoms with Crippen LogP contribution in [-0.2, 0) is 4.79 Å². The average molecular weight is 253 g/mol. The molecule has 2 aromatic rings. The third kappa shape index (κ3) is 2.08. The van der Waals surface area contributed by atoms with E-state index in [1.54, 1.807) is 7.11 Å². The summed E-state index contributed by atoms with van der Waals surface area (Å²) in [5.74, 6) is 1.49. The maximum Gasteiger partial charge on any atom is 0.379 e. The first-order valence-electron chi connectivity index (χ1n) is 5.96. The minimum atomic E-state index is -0.0954. The molecule has 1 aromatic heterocycles. The van der Waals surface area contributed by atoms with Gasteiger partial charge in [-0.2, -0.15) is 4.57 Å². The highest BCUT2D eigenvalue weighted by Gasteiger charge is 2.31. The number of ether oxygens (including phenoxy) is 1. The number of hydrogen-bond acceptors (Lipinski definition) is 2. The normalized spacial score (nSPS) is 15.2. The van der Waals surface area contributed by atoms with Crippen molar-refractivity contribution in [1.82, 2.24) is 0 Å². The topological polar surface area (TPSA) is 42.2 Å². The van der Waals surface area contributed by atoms with Crippen molar-refractivity contribution in [3.8, 4) is 5.75 Å². The van der Waals surface area contributed by atoms with E-state index in [-0.39, 0.29) is 5.91 Å². The molecule has 1 aliphatic heterocycles. The molecule has 0 saturated heterocycles. The lowest BCUT2D eigenvalue weighted by atomic mass is 10.2. The second-order valence-corrected chi connectivity index (χ2v) is 4.21. The molecule has 0 aliphatic carbocycles. The van der Waals surface area contributed by atoms with Crippen molar-refractivity contribution in [3.05, 3.63) is 54.2 Å². The first-order valence-corrected chi connectivity index (χ1v) is 5.96. The Kier molecular flexibility index (Phi) is 2.76. The van der Waals surface area contributed by atoms with E-state index in [2.05, 4.69) is 5.32 Å². The third-order valence-corrected chi connectivity index (χ3v) is 3.01. The molecule has 94 valence electrons. The van der Waals surface area contributed by atoms with Gasteiger partial charge in [-0.1, -0.05) is 18.2 Å². The lowest BCUT2D eigenvalue weighted by Crippen LogP contribution is -2.29. The first kappa shape index (κ1) is 11.5. The maximum absolute atomic E-state index is 11.9. The molecular formula is C15H13N2O2+. The molecule has 3 rings (SSSR count). The average Bonchev–Trinajstić information content (AvgIpc) is 2.76. The Morgan fingerprint density at radius 2 is 1.95 bits per heavy atom. The largest absolute Gasteiger partial charge is 0.497 e. The van der Waals surface area contributed by atoms with Crippen LogP contribution in [0.15, 0.2) is 48.7 Å². The van der Waals surface area contributed by atoms with Crippen LogP contribution in [0.25, 0.3) is 11.8 Å². The molecule has 0 fully saturated rings. The fraction of sp³-hybridized carbons (Fsp3) is 0.0667. The highest BCUT2D eigenvalue weighted by molar-refractivity contribution is 6.23. The number of amides is 1. The van der Waals surface area contributed by atoms with Crippen LogP contribution >= 0.6 is 0 Å². The molecule has 2 heterocycles.